The molecule has 0 aliphatic carbocycles. The zero-order valence-electron chi connectivity index (χ0n) is 38.9. The highest BCUT2D eigenvalue weighted by molar-refractivity contribution is 5.77. The first kappa shape index (κ1) is 56.3. The third-order valence-corrected chi connectivity index (χ3v) is 11.8. The van der Waals surface area contributed by atoms with Crippen molar-refractivity contribution >= 4 is 11.9 Å². The van der Waals surface area contributed by atoms with Gasteiger partial charge < -0.3 is 20.3 Å². The molecular weight excluding hydrogens is 719 g/mol. The van der Waals surface area contributed by atoms with Crippen LogP contribution in [0.4, 0.5) is 0 Å². The molecule has 0 bridgehead atoms. The highest BCUT2D eigenvalue weighted by Crippen LogP contribution is 2.18. The third kappa shape index (κ3) is 41.1. The fraction of sp³-hybridized carbons (Fsp3) is 0.885. The van der Waals surface area contributed by atoms with Crippen molar-refractivity contribution in [3.8, 4) is 0 Å². The number of allylic oxidation sites excluding steroid dienone is 4. The average molecular weight is 818 g/mol. The number of amides is 1. The van der Waals surface area contributed by atoms with Gasteiger partial charge in [0.2, 0.25) is 5.91 Å². The standard InChI is InChI=1S/C52H99NO5/c1-4-7-10-13-16-19-21-23-24-25-26-27-28-30-33-36-39-42-45-52(57)58-48(43-40-37-34-32-29-22-20-17-14-11-8-5-2)46-51(56)53-49(47-54)50(55)44-41-38-35-31-18-15-12-9-6-3/h24-27,48-50,54-55H,4-23,28-47H2,1-3H3,(H,53,56)/b25-24+,27-26+. The van der Waals surface area contributed by atoms with E-state index in [0.29, 0.717) is 19.3 Å². The van der Waals surface area contributed by atoms with Gasteiger partial charge in [0, 0.05) is 6.42 Å². The van der Waals surface area contributed by atoms with Gasteiger partial charge in [-0.25, -0.2) is 0 Å². The van der Waals surface area contributed by atoms with Crippen molar-refractivity contribution in [3.05, 3.63) is 24.3 Å². The van der Waals surface area contributed by atoms with E-state index >= 15 is 0 Å². The van der Waals surface area contributed by atoms with E-state index in [-0.39, 0.29) is 24.9 Å². The number of hydrogen-bond donors (Lipinski definition) is 3. The van der Waals surface area contributed by atoms with E-state index in [4.69, 9.17) is 4.74 Å². The molecule has 0 saturated heterocycles. The van der Waals surface area contributed by atoms with Gasteiger partial charge in [0.25, 0.3) is 0 Å². The largest absolute Gasteiger partial charge is 0.462 e. The van der Waals surface area contributed by atoms with Gasteiger partial charge in [-0.1, -0.05) is 231 Å². The van der Waals surface area contributed by atoms with Crippen molar-refractivity contribution in [1.82, 2.24) is 5.32 Å². The quantitative estimate of drug-likeness (QED) is 0.0323. The normalized spacial score (nSPS) is 13.4. The SMILES string of the molecule is CCCCCCCCC/C=C/C=C/CCCCCCCC(=O)OC(CCCCCCCCCCCCCC)CC(=O)NC(CO)C(O)CCCCCCCCCCC. The number of carbonyl (C=O) groups is 2. The lowest BCUT2D eigenvalue weighted by Crippen LogP contribution is -2.46. The Morgan fingerprint density at radius 3 is 1.28 bits per heavy atom. The maximum absolute atomic E-state index is 13.2. The van der Waals surface area contributed by atoms with Gasteiger partial charge in [0.15, 0.2) is 0 Å². The van der Waals surface area contributed by atoms with Crippen LogP contribution in [0.15, 0.2) is 24.3 Å². The van der Waals surface area contributed by atoms with Gasteiger partial charge in [0.05, 0.1) is 25.2 Å². The topological polar surface area (TPSA) is 95.9 Å². The Morgan fingerprint density at radius 2 is 0.862 bits per heavy atom. The van der Waals surface area contributed by atoms with E-state index in [1.54, 1.807) is 0 Å². The molecule has 0 fully saturated rings. The number of aliphatic hydroxyl groups is 2. The number of aliphatic hydroxyl groups excluding tert-OH is 2. The number of nitrogens with one attached hydrogen (secondary N) is 1. The Morgan fingerprint density at radius 1 is 0.500 bits per heavy atom. The Bertz CT molecular complexity index is 919. The third-order valence-electron chi connectivity index (χ3n) is 11.8. The lowest BCUT2D eigenvalue weighted by Gasteiger charge is -2.24. The van der Waals surface area contributed by atoms with E-state index in [9.17, 15) is 19.8 Å². The molecule has 0 aliphatic heterocycles. The Kier molecular flexibility index (Phi) is 45.1. The summed E-state index contributed by atoms with van der Waals surface area (Å²) < 4.78 is 5.92. The van der Waals surface area contributed by atoms with Crippen LogP contribution in [0.5, 0.6) is 0 Å². The first-order valence-electron chi connectivity index (χ1n) is 25.6. The Labute approximate surface area is 361 Å². The minimum Gasteiger partial charge on any atom is -0.462 e. The van der Waals surface area contributed by atoms with Crippen molar-refractivity contribution in [2.75, 3.05) is 6.61 Å². The smallest absolute Gasteiger partial charge is 0.306 e. The molecule has 0 spiro atoms. The van der Waals surface area contributed by atoms with Crippen molar-refractivity contribution in [2.45, 2.75) is 289 Å². The molecule has 0 heterocycles. The van der Waals surface area contributed by atoms with Gasteiger partial charge in [-0.05, 0) is 51.4 Å². The first-order valence-corrected chi connectivity index (χ1v) is 25.6. The van der Waals surface area contributed by atoms with Gasteiger partial charge >= 0.3 is 5.97 Å². The molecule has 0 rings (SSSR count). The van der Waals surface area contributed by atoms with Crippen LogP contribution in [0, 0.1) is 0 Å². The molecule has 6 heteroatoms. The molecule has 6 nitrogen and oxygen atoms in total. The van der Waals surface area contributed by atoms with Crippen LogP contribution in [-0.2, 0) is 14.3 Å². The number of carbonyl (C=O) groups excluding carboxylic acids is 2. The van der Waals surface area contributed by atoms with E-state index in [0.717, 1.165) is 57.8 Å². The number of ether oxygens (including phenoxy) is 1. The molecule has 0 aromatic heterocycles. The van der Waals surface area contributed by atoms with Gasteiger partial charge in [-0.15, -0.1) is 0 Å². The zero-order valence-corrected chi connectivity index (χ0v) is 38.9. The second kappa shape index (κ2) is 46.4. The molecule has 0 aromatic rings. The van der Waals surface area contributed by atoms with Crippen LogP contribution >= 0.6 is 0 Å². The number of unbranched alkanes of at least 4 members (excludes halogenated alkanes) is 31. The summed E-state index contributed by atoms with van der Waals surface area (Å²) in [5, 5.41) is 23.6. The predicted molar refractivity (Wildman–Crippen MR) is 250 cm³/mol. The molecule has 0 aromatic carbocycles. The van der Waals surface area contributed by atoms with Crippen LogP contribution < -0.4 is 5.32 Å². The molecule has 0 saturated carbocycles. The summed E-state index contributed by atoms with van der Waals surface area (Å²) in [5.41, 5.74) is 0. The highest BCUT2D eigenvalue weighted by Gasteiger charge is 2.24. The highest BCUT2D eigenvalue weighted by atomic mass is 16.5. The van der Waals surface area contributed by atoms with Crippen LogP contribution in [0.3, 0.4) is 0 Å². The zero-order chi connectivity index (χ0) is 42.4. The molecule has 0 radical (unpaired) electrons. The van der Waals surface area contributed by atoms with Crippen molar-refractivity contribution in [1.29, 1.82) is 0 Å². The lowest BCUT2D eigenvalue weighted by atomic mass is 10.0. The molecule has 3 unspecified atom stereocenters. The molecule has 1 amide bonds. The lowest BCUT2D eigenvalue weighted by molar-refractivity contribution is -0.151. The maximum atomic E-state index is 13.2. The first-order chi connectivity index (χ1) is 28.5. The van der Waals surface area contributed by atoms with Crippen molar-refractivity contribution < 1.29 is 24.5 Å². The van der Waals surface area contributed by atoms with Crippen LogP contribution in [0.1, 0.15) is 271 Å². The summed E-state index contributed by atoms with van der Waals surface area (Å²) in [7, 11) is 0. The molecule has 3 atom stereocenters. The second-order valence-electron chi connectivity index (χ2n) is 17.6. The maximum Gasteiger partial charge on any atom is 0.306 e. The number of rotatable bonds is 46. The van der Waals surface area contributed by atoms with Crippen molar-refractivity contribution in [2.24, 2.45) is 0 Å². The summed E-state index contributed by atoms with van der Waals surface area (Å²) in [5.74, 6) is -0.480. The number of esters is 1. The molecule has 58 heavy (non-hydrogen) atoms. The minimum absolute atomic E-state index is 0.0762. The minimum atomic E-state index is -0.784. The fourth-order valence-corrected chi connectivity index (χ4v) is 7.89. The van der Waals surface area contributed by atoms with E-state index in [1.807, 2.05) is 0 Å². The second-order valence-corrected chi connectivity index (χ2v) is 17.6. The molecule has 3 N–H and O–H groups in total. The number of hydrogen-bond acceptors (Lipinski definition) is 5. The Balaban J connectivity index is 4.53. The monoisotopic (exact) mass is 818 g/mol. The fourth-order valence-electron chi connectivity index (χ4n) is 7.89. The average Bonchev–Trinajstić information content (AvgIpc) is 3.22. The van der Waals surface area contributed by atoms with E-state index < -0.39 is 18.2 Å². The van der Waals surface area contributed by atoms with Crippen LogP contribution in [-0.4, -0.2) is 46.9 Å². The summed E-state index contributed by atoms with van der Waals surface area (Å²) >= 11 is 0. The van der Waals surface area contributed by atoms with Gasteiger partial charge in [-0.2, -0.15) is 0 Å². The van der Waals surface area contributed by atoms with Crippen molar-refractivity contribution in [3.63, 3.8) is 0 Å². The van der Waals surface area contributed by atoms with E-state index in [1.165, 1.54) is 167 Å². The van der Waals surface area contributed by atoms with Crippen LogP contribution in [0.25, 0.3) is 0 Å². The molecule has 342 valence electrons. The summed E-state index contributed by atoms with van der Waals surface area (Å²) in [6.45, 7) is 6.47. The van der Waals surface area contributed by atoms with Gasteiger partial charge in [-0.3, -0.25) is 9.59 Å². The predicted octanol–water partition coefficient (Wildman–Crippen LogP) is 15.1. The van der Waals surface area contributed by atoms with Crippen LogP contribution in [0.2, 0.25) is 0 Å². The molecule has 0 aliphatic rings. The summed E-state index contributed by atoms with van der Waals surface area (Å²) in [4.78, 5) is 26.1. The van der Waals surface area contributed by atoms with Gasteiger partial charge in [0.1, 0.15) is 6.10 Å². The summed E-state index contributed by atoms with van der Waals surface area (Å²) in [6, 6.07) is -0.698. The summed E-state index contributed by atoms with van der Waals surface area (Å²) in [6.07, 6.45) is 52.4. The Hall–Kier alpha value is -1.66. The molecular formula is C52H99NO5. The van der Waals surface area contributed by atoms with E-state index in [2.05, 4.69) is 50.4 Å².